The molecule has 0 radical (unpaired) electrons. The number of hydrogen-bond donors (Lipinski definition) is 1. The molecule has 2 heterocycles. The van der Waals surface area contributed by atoms with Crippen LogP contribution in [0.3, 0.4) is 0 Å². The molecule has 1 fully saturated rings. The van der Waals surface area contributed by atoms with Gasteiger partial charge in [-0.1, -0.05) is 31.8 Å². The van der Waals surface area contributed by atoms with Gasteiger partial charge in [0.1, 0.15) is 0 Å². The standard InChI is InChI=1S/C21H30N4O4S/c1-16(2)21-23-20(29-24-21)9-7-8-19(26)22-17-10-12-18(13-11-17)30(27,28)25-14-5-3-4-6-15-25/h10-13,16H,3-9,14-15H2,1-2H3,(H,22,26). The summed E-state index contributed by atoms with van der Waals surface area (Å²) in [5.41, 5.74) is 0.578. The van der Waals surface area contributed by atoms with Crippen LogP contribution in [0.5, 0.6) is 0 Å². The third kappa shape index (κ3) is 5.89. The summed E-state index contributed by atoms with van der Waals surface area (Å²) in [7, 11) is -3.48. The van der Waals surface area contributed by atoms with Crippen molar-refractivity contribution < 1.29 is 17.7 Å². The molecule has 9 heteroatoms. The SMILES string of the molecule is CC(C)c1noc(CCCC(=O)Nc2ccc(S(=O)(=O)N3CCCCCC3)cc2)n1. The Morgan fingerprint density at radius 2 is 1.80 bits per heavy atom. The number of hydrogen-bond acceptors (Lipinski definition) is 6. The quantitative estimate of drug-likeness (QED) is 0.679. The van der Waals surface area contributed by atoms with E-state index in [0.717, 1.165) is 25.7 Å². The number of aromatic nitrogens is 2. The van der Waals surface area contributed by atoms with Gasteiger partial charge >= 0.3 is 0 Å². The smallest absolute Gasteiger partial charge is 0.243 e. The number of nitrogens with one attached hydrogen (secondary N) is 1. The maximum absolute atomic E-state index is 12.8. The predicted molar refractivity (Wildman–Crippen MR) is 114 cm³/mol. The molecule has 1 aliphatic heterocycles. The molecule has 2 aromatic rings. The summed E-state index contributed by atoms with van der Waals surface area (Å²) < 4.78 is 32.4. The van der Waals surface area contributed by atoms with Gasteiger partial charge in [-0.15, -0.1) is 0 Å². The minimum Gasteiger partial charge on any atom is -0.339 e. The van der Waals surface area contributed by atoms with Crippen molar-refractivity contribution in [1.29, 1.82) is 0 Å². The van der Waals surface area contributed by atoms with E-state index in [1.807, 2.05) is 13.8 Å². The van der Waals surface area contributed by atoms with Gasteiger partial charge in [-0.3, -0.25) is 4.79 Å². The Bertz CT molecular complexity index is 930. The monoisotopic (exact) mass is 434 g/mol. The maximum Gasteiger partial charge on any atom is 0.243 e. The molecule has 1 aromatic heterocycles. The third-order valence-electron chi connectivity index (χ3n) is 5.14. The van der Waals surface area contributed by atoms with Gasteiger partial charge in [0, 0.05) is 37.5 Å². The maximum atomic E-state index is 12.8. The second-order valence-electron chi connectivity index (χ2n) is 7.95. The lowest BCUT2D eigenvalue weighted by atomic mass is 10.2. The zero-order valence-corrected chi connectivity index (χ0v) is 18.5. The van der Waals surface area contributed by atoms with Crippen LogP contribution in [-0.2, 0) is 21.2 Å². The second kappa shape index (κ2) is 10.2. The van der Waals surface area contributed by atoms with Crippen molar-refractivity contribution in [2.75, 3.05) is 18.4 Å². The molecule has 0 atom stereocenters. The zero-order valence-electron chi connectivity index (χ0n) is 17.6. The molecule has 0 unspecified atom stereocenters. The van der Waals surface area contributed by atoms with Crippen LogP contribution in [0, 0.1) is 0 Å². The average Bonchev–Trinajstić information content (AvgIpc) is 3.01. The summed E-state index contributed by atoms with van der Waals surface area (Å²) in [4.78, 5) is 16.7. The number of nitrogens with zero attached hydrogens (tertiary/aromatic N) is 3. The molecule has 0 aliphatic carbocycles. The minimum atomic E-state index is -3.48. The van der Waals surface area contributed by atoms with E-state index in [1.54, 1.807) is 28.6 Å². The summed E-state index contributed by atoms with van der Waals surface area (Å²) >= 11 is 0. The highest BCUT2D eigenvalue weighted by atomic mass is 32.2. The van der Waals surface area contributed by atoms with E-state index in [-0.39, 0.29) is 16.7 Å². The first-order valence-electron chi connectivity index (χ1n) is 10.6. The van der Waals surface area contributed by atoms with Crippen LogP contribution >= 0.6 is 0 Å². The highest BCUT2D eigenvalue weighted by Gasteiger charge is 2.25. The van der Waals surface area contributed by atoms with Crippen molar-refractivity contribution in [1.82, 2.24) is 14.4 Å². The van der Waals surface area contributed by atoms with Crippen molar-refractivity contribution in [3.05, 3.63) is 36.0 Å². The normalized spacial score (nSPS) is 15.8. The third-order valence-corrected chi connectivity index (χ3v) is 7.05. The van der Waals surface area contributed by atoms with Crippen molar-refractivity contribution >= 4 is 21.6 Å². The second-order valence-corrected chi connectivity index (χ2v) is 9.88. The van der Waals surface area contributed by atoms with Crippen molar-refractivity contribution in [3.63, 3.8) is 0 Å². The summed E-state index contributed by atoms with van der Waals surface area (Å²) in [6.07, 6.45) is 5.39. The van der Waals surface area contributed by atoms with Crippen molar-refractivity contribution in [2.45, 2.75) is 69.6 Å². The van der Waals surface area contributed by atoms with Crippen LogP contribution in [-0.4, -0.2) is 41.9 Å². The molecule has 30 heavy (non-hydrogen) atoms. The van der Waals surface area contributed by atoms with Crippen molar-refractivity contribution in [3.8, 4) is 0 Å². The number of anilines is 1. The Hall–Kier alpha value is -2.26. The Kier molecular flexibility index (Phi) is 7.60. The Balaban J connectivity index is 1.50. The lowest BCUT2D eigenvalue weighted by Gasteiger charge is -2.20. The lowest BCUT2D eigenvalue weighted by Crippen LogP contribution is -2.31. The molecule has 0 spiro atoms. The average molecular weight is 435 g/mol. The van der Waals surface area contributed by atoms with Gasteiger partial charge in [-0.25, -0.2) is 8.42 Å². The Morgan fingerprint density at radius 3 is 2.40 bits per heavy atom. The number of carbonyl (C=O) groups excluding carboxylic acids is 1. The number of benzene rings is 1. The van der Waals surface area contributed by atoms with Gasteiger partial charge in [-0.05, 0) is 43.5 Å². The molecule has 1 saturated heterocycles. The number of sulfonamides is 1. The molecule has 1 aliphatic rings. The van der Waals surface area contributed by atoms with Gasteiger partial charge in [0.2, 0.25) is 21.8 Å². The van der Waals surface area contributed by atoms with Gasteiger partial charge in [0.05, 0.1) is 4.90 Å². The molecule has 3 rings (SSSR count). The molecule has 1 aromatic carbocycles. The van der Waals surface area contributed by atoms with Gasteiger partial charge in [0.25, 0.3) is 0 Å². The molecular formula is C21H30N4O4S. The highest BCUT2D eigenvalue weighted by Crippen LogP contribution is 2.22. The number of carbonyl (C=O) groups is 1. The number of amides is 1. The first kappa shape index (κ1) is 22.4. The van der Waals surface area contributed by atoms with Gasteiger partial charge < -0.3 is 9.84 Å². The largest absolute Gasteiger partial charge is 0.339 e. The van der Waals surface area contributed by atoms with Crippen LogP contribution < -0.4 is 5.32 Å². The summed E-state index contributed by atoms with van der Waals surface area (Å²) in [6, 6.07) is 6.38. The fraction of sp³-hybridized carbons (Fsp3) is 0.571. The Morgan fingerprint density at radius 1 is 1.13 bits per heavy atom. The van der Waals surface area contributed by atoms with Crippen LogP contribution in [0.25, 0.3) is 0 Å². The van der Waals surface area contributed by atoms with E-state index >= 15 is 0 Å². The molecule has 1 N–H and O–H groups in total. The molecule has 8 nitrogen and oxygen atoms in total. The van der Waals surface area contributed by atoms with Crippen molar-refractivity contribution in [2.24, 2.45) is 0 Å². The summed E-state index contributed by atoms with van der Waals surface area (Å²) in [5.74, 6) is 1.28. The fourth-order valence-corrected chi connectivity index (χ4v) is 4.89. The first-order valence-corrected chi connectivity index (χ1v) is 12.0. The molecule has 0 bridgehead atoms. The number of aryl methyl sites for hydroxylation is 1. The topological polar surface area (TPSA) is 105 Å². The van der Waals surface area contributed by atoms with E-state index in [4.69, 9.17) is 4.52 Å². The molecule has 164 valence electrons. The fourth-order valence-electron chi connectivity index (χ4n) is 3.37. The predicted octanol–water partition coefficient (Wildman–Crippen LogP) is 3.72. The molecule has 0 saturated carbocycles. The first-order chi connectivity index (χ1) is 14.4. The lowest BCUT2D eigenvalue weighted by molar-refractivity contribution is -0.116. The molecular weight excluding hydrogens is 404 g/mol. The van der Waals surface area contributed by atoms with Crippen LogP contribution in [0.2, 0.25) is 0 Å². The molecule has 1 amide bonds. The van der Waals surface area contributed by atoms with E-state index in [0.29, 0.717) is 49.8 Å². The van der Waals surface area contributed by atoms with Crippen LogP contribution in [0.4, 0.5) is 5.69 Å². The minimum absolute atomic E-state index is 0.137. The van der Waals surface area contributed by atoms with Crippen LogP contribution in [0.1, 0.15) is 70.0 Å². The zero-order chi connectivity index (χ0) is 21.6. The Labute approximate surface area is 178 Å². The van der Waals surface area contributed by atoms with Gasteiger partial charge in [-0.2, -0.15) is 9.29 Å². The van der Waals surface area contributed by atoms with E-state index in [1.165, 1.54) is 0 Å². The van der Waals surface area contributed by atoms with E-state index in [9.17, 15) is 13.2 Å². The van der Waals surface area contributed by atoms with E-state index < -0.39 is 10.0 Å². The van der Waals surface area contributed by atoms with E-state index in [2.05, 4.69) is 15.5 Å². The van der Waals surface area contributed by atoms with Gasteiger partial charge in [0.15, 0.2) is 5.82 Å². The summed E-state index contributed by atoms with van der Waals surface area (Å²) in [5, 5.41) is 6.71. The number of rotatable bonds is 8. The highest BCUT2D eigenvalue weighted by molar-refractivity contribution is 7.89. The summed E-state index contributed by atoms with van der Waals surface area (Å²) in [6.45, 7) is 5.12. The van der Waals surface area contributed by atoms with Crippen LogP contribution in [0.15, 0.2) is 33.7 Å².